The topological polar surface area (TPSA) is 40.6 Å². The summed E-state index contributed by atoms with van der Waals surface area (Å²) in [5.74, 6) is 0.857. The highest BCUT2D eigenvalue weighted by Gasteiger charge is 2.33. The first-order valence-electron chi connectivity index (χ1n) is 10.4. The molecule has 29 heavy (non-hydrogen) atoms. The normalized spacial score (nSPS) is 19.9. The van der Waals surface area contributed by atoms with Gasteiger partial charge in [0.1, 0.15) is 0 Å². The van der Waals surface area contributed by atoms with Gasteiger partial charge in [-0.2, -0.15) is 0 Å². The van der Waals surface area contributed by atoms with Crippen LogP contribution in [0.4, 0.5) is 0 Å². The van der Waals surface area contributed by atoms with Gasteiger partial charge in [0.25, 0.3) is 0 Å². The molecule has 1 aromatic carbocycles. The number of hydrogen-bond donors (Lipinski definition) is 0. The van der Waals surface area contributed by atoms with Crippen molar-refractivity contribution in [1.29, 1.82) is 0 Å². The molecule has 2 amide bonds. The number of fused-ring (bicyclic) bond motifs is 1. The minimum Gasteiger partial charge on any atom is -0.343 e. The fourth-order valence-corrected chi connectivity index (χ4v) is 5.39. The quantitative estimate of drug-likeness (QED) is 0.691. The summed E-state index contributed by atoms with van der Waals surface area (Å²) in [6.07, 6.45) is 3.57. The SMILES string of the molecule is CC1CCN(C(=O)CCC(=O)N2CCc3sccc3C2c2ccc(Cl)cc2)CC1. The van der Waals surface area contributed by atoms with E-state index in [1.54, 1.807) is 11.3 Å². The van der Waals surface area contributed by atoms with Crippen LogP contribution in [0.5, 0.6) is 0 Å². The number of piperidine rings is 1. The molecule has 4 nitrogen and oxygen atoms in total. The molecule has 4 rings (SSSR count). The number of amides is 2. The Hall–Kier alpha value is -1.85. The molecule has 1 saturated heterocycles. The van der Waals surface area contributed by atoms with Gasteiger partial charge in [-0.25, -0.2) is 0 Å². The lowest BCUT2D eigenvalue weighted by molar-refractivity contribution is -0.138. The second-order valence-corrected chi connectivity index (χ2v) is 9.59. The Bertz CT molecular complexity index is 871. The smallest absolute Gasteiger partial charge is 0.223 e. The van der Waals surface area contributed by atoms with Gasteiger partial charge in [0.2, 0.25) is 11.8 Å². The molecule has 2 aromatic rings. The fraction of sp³-hybridized carbons (Fsp3) is 0.478. The van der Waals surface area contributed by atoms with E-state index in [9.17, 15) is 9.59 Å². The number of likely N-dealkylation sites (tertiary alicyclic amines) is 1. The van der Waals surface area contributed by atoms with Gasteiger partial charge >= 0.3 is 0 Å². The molecule has 0 aliphatic carbocycles. The lowest BCUT2D eigenvalue weighted by atomic mass is 9.93. The molecule has 2 aliphatic heterocycles. The lowest BCUT2D eigenvalue weighted by Crippen LogP contribution is -2.41. The third-order valence-electron chi connectivity index (χ3n) is 6.16. The van der Waals surface area contributed by atoms with E-state index in [-0.39, 0.29) is 24.3 Å². The first-order chi connectivity index (χ1) is 14.0. The van der Waals surface area contributed by atoms with Gasteiger partial charge in [-0.15, -0.1) is 11.3 Å². The van der Waals surface area contributed by atoms with Crippen molar-refractivity contribution in [3.63, 3.8) is 0 Å². The van der Waals surface area contributed by atoms with E-state index < -0.39 is 0 Å². The highest BCUT2D eigenvalue weighted by atomic mass is 35.5. The highest BCUT2D eigenvalue weighted by molar-refractivity contribution is 7.10. The first kappa shape index (κ1) is 20.4. The zero-order valence-electron chi connectivity index (χ0n) is 16.8. The third kappa shape index (κ3) is 4.51. The van der Waals surface area contributed by atoms with E-state index in [0.29, 0.717) is 23.9 Å². The van der Waals surface area contributed by atoms with Crippen molar-refractivity contribution in [3.8, 4) is 0 Å². The zero-order chi connectivity index (χ0) is 20.4. The summed E-state index contributed by atoms with van der Waals surface area (Å²) in [6.45, 7) is 4.57. The number of rotatable bonds is 4. The van der Waals surface area contributed by atoms with E-state index in [1.165, 1.54) is 10.4 Å². The van der Waals surface area contributed by atoms with Gasteiger partial charge in [-0.1, -0.05) is 30.7 Å². The molecule has 1 fully saturated rings. The largest absolute Gasteiger partial charge is 0.343 e. The van der Waals surface area contributed by atoms with E-state index in [0.717, 1.165) is 37.9 Å². The van der Waals surface area contributed by atoms with Crippen molar-refractivity contribution in [3.05, 3.63) is 56.7 Å². The van der Waals surface area contributed by atoms with E-state index >= 15 is 0 Å². The second-order valence-electron chi connectivity index (χ2n) is 8.15. The van der Waals surface area contributed by atoms with Gasteiger partial charge in [0, 0.05) is 42.4 Å². The third-order valence-corrected chi connectivity index (χ3v) is 7.41. The van der Waals surface area contributed by atoms with Crippen molar-refractivity contribution in [2.75, 3.05) is 19.6 Å². The van der Waals surface area contributed by atoms with Crippen LogP contribution >= 0.6 is 22.9 Å². The molecule has 0 spiro atoms. The second kappa shape index (κ2) is 8.88. The summed E-state index contributed by atoms with van der Waals surface area (Å²) < 4.78 is 0. The van der Waals surface area contributed by atoms with Gasteiger partial charge < -0.3 is 9.80 Å². The summed E-state index contributed by atoms with van der Waals surface area (Å²) in [6, 6.07) is 9.78. The predicted octanol–water partition coefficient (Wildman–Crippen LogP) is 4.91. The molecule has 154 valence electrons. The average Bonchev–Trinajstić information content (AvgIpc) is 3.21. The number of carbonyl (C=O) groups is 2. The summed E-state index contributed by atoms with van der Waals surface area (Å²) in [5.41, 5.74) is 2.27. The molecule has 6 heteroatoms. The molecule has 0 bridgehead atoms. The summed E-state index contributed by atoms with van der Waals surface area (Å²) in [7, 11) is 0. The minimum atomic E-state index is -0.0966. The lowest BCUT2D eigenvalue weighted by Gasteiger charge is -2.36. The van der Waals surface area contributed by atoms with Crippen LogP contribution in [-0.2, 0) is 16.0 Å². The fourth-order valence-electron chi connectivity index (χ4n) is 4.36. The van der Waals surface area contributed by atoms with Crippen LogP contribution in [0.25, 0.3) is 0 Å². The van der Waals surface area contributed by atoms with E-state index in [1.807, 2.05) is 34.1 Å². The van der Waals surface area contributed by atoms with Crippen LogP contribution in [0.15, 0.2) is 35.7 Å². The molecule has 0 saturated carbocycles. The van der Waals surface area contributed by atoms with Crippen LogP contribution in [0.3, 0.4) is 0 Å². The Morgan fingerprint density at radius 1 is 1.03 bits per heavy atom. The monoisotopic (exact) mass is 430 g/mol. The minimum absolute atomic E-state index is 0.0560. The van der Waals surface area contributed by atoms with Crippen molar-refractivity contribution >= 4 is 34.8 Å². The number of halogens is 1. The van der Waals surface area contributed by atoms with Crippen LogP contribution in [-0.4, -0.2) is 41.2 Å². The Morgan fingerprint density at radius 3 is 2.45 bits per heavy atom. The van der Waals surface area contributed by atoms with Gasteiger partial charge in [0.05, 0.1) is 6.04 Å². The van der Waals surface area contributed by atoms with E-state index in [4.69, 9.17) is 11.6 Å². The Kier molecular flexibility index (Phi) is 6.26. The Labute approximate surface area is 181 Å². The maximum atomic E-state index is 13.2. The average molecular weight is 431 g/mol. The number of benzene rings is 1. The van der Waals surface area contributed by atoms with Crippen molar-refractivity contribution in [1.82, 2.24) is 9.80 Å². The Balaban J connectivity index is 1.46. The predicted molar refractivity (Wildman–Crippen MR) is 117 cm³/mol. The molecule has 0 radical (unpaired) electrons. The summed E-state index contributed by atoms with van der Waals surface area (Å²) >= 11 is 7.83. The number of carbonyl (C=O) groups excluding carboxylic acids is 2. The van der Waals surface area contributed by atoms with Gasteiger partial charge in [-0.3, -0.25) is 9.59 Å². The van der Waals surface area contributed by atoms with Crippen LogP contribution in [0.2, 0.25) is 5.02 Å². The van der Waals surface area contributed by atoms with Crippen molar-refractivity contribution in [2.24, 2.45) is 5.92 Å². The Morgan fingerprint density at radius 2 is 1.72 bits per heavy atom. The summed E-state index contributed by atoms with van der Waals surface area (Å²) in [5, 5.41) is 2.79. The first-order valence-corrected chi connectivity index (χ1v) is 11.7. The van der Waals surface area contributed by atoms with E-state index in [2.05, 4.69) is 18.4 Å². The van der Waals surface area contributed by atoms with Crippen molar-refractivity contribution in [2.45, 2.75) is 45.1 Å². The molecular formula is C23H27ClN2O2S. The molecule has 1 atom stereocenters. The number of nitrogens with zero attached hydrogens (tertiary/aromatic N) is 2. The summed E-state index contributed by atoms with van der Waals surface area (Å²) in [4.78, 5) is 30.9. The zero-order valence-corrected chi connectivity index (χ0v) is 18.3. The van der Waals surface area contributed by atoms with Crippen LogP contribution in [0.1, 0.15) is 54.7 Å². The van der Waals surface area contributed by atoms with Crippen molar-refractivity contribution < 1.29 is 9.59 Å². The molecule has 1 aromatic heterocycles. The standard InChI is InChI=1S/C23H27ClN2O2S/c1-16-8-12-25(13-9-16)21(27)6-7-22(28)26-14-10-20-19(11-15-29-20)23(26)17-2-4-18(24)5-3-17/h2-5,11,15-16,23H,6-10,12-14H2,1H3. The van der Waals surface area contributed by atoms with Gasteiger partial charge in [0.15, 0.2) is 0 Å². The van der Waals surface area contributed by atoms with Crippen LogP contribution in [0, 0.1) is 5.92 Å². The van der Waals surface area contributed by atoms with Gasteiger partial charge in [-0.05, 0) is 59.9 Å². The maximum absolute atomic E-state index is 13.2. The number of thiophene rings is 1. The molecular weight excluding hydrogens is 404 g/mol. The highest BCUT2D eigenvalue weighted by Crippen LogP contribution is 2.38. The maximum Gasteiger partial charge on any atom is 0.223 e. The molecule has 1 unspecified atom stereocenters. The molecule has 2 aliphatic rings. The molecule has 3 heterocycles. The van der Waals surface area contributed by atoms with Crippen LogP contribution < -0.4 is 0 Å². The number of hydrogen-bond acceptors (Lipinski definition) is 3. The molecule has 0 N–H and O–H groups in total.